The van der Waals surface area contributed by atoms with Gasteiger partial charge in [-0.1, -0.05) is 0 Å². The Morgan fingerprint density at radius 1 is 1.50 bits per heavy atom. The quantitative estimate of drug-likeness (QED) is 0.640. The number of carbonyl (C=O) groups is 1. The number of hydrogen-bond donors (Lipinski definition) is 0. The fourth-order valence-electron chi connectivity index (χ4n) is 1.28. The second kappa shape index (κ2) is 4.52. The van der Waals surface area contributed by atoms with Gasteiger partial charge in [0.2, 0.25) is 0 Å². The Balaban J connectivity index is 2.26. The summed E-state index contributed by atoms with van der Waals surface area (Å²) in [6.07, 6.45) is 4.88. The molecular weight excluding hydrogens is 277 g/mol. The summed E-state index contributed by atoms with van der Waals surface area (Å²) >= 11 is 3.22. The number of halogens is 2. The summed E-state index contributed by atoms with van der Waals surface area (Å²) in [4.78, 5) is 14.3. The Labute approximate surface area is 99.2 Å². The lowest BCUT2D eigenvalue weighted by Crippen LogP contribution is -2.02. The summed E-state index contributed by atoms with van der Waals surface area (Å²) in [6, 6.07) is 1.37. The van der Waals surface area contributed by atoms with Gasteiger partial charge in [-0.2, -0.15) is 5.10 Å². The van der Waals surface area contributed by atoms with Crippen LogP contribution in [0.15, 0.2) is 29.3 Å². The fraction of sp³-hybridized carbons (Fsp3) is 0.100. The second-order valence-electron chi connectivity index (χ2n) is 3.19. The molecule has 6 heteroatoms. The number of hydrogen-bond acceptors (Lipinski definition) is 3. The molecule has 16 heavy (non-hydrogen) atoms. The van der Waals surface area contributed by atoms with Crippen LogP contribution in [0.1, 0.15) is 15.9 Å². The number of aromatic nitrogens is 3. The first-order valence-corrected chi connectivity index (χ1v) is 5.26. The first kappa shape index (κ1) is 10.9. The van der Waals surface area contributed by atoms with Crippen LogP contribution >= 0.6 is 15.9 Å². The minimum atomic E-state index is -0.402. The molecule has 2 rings (SSSR count). The van der Waals surface area contributed by atoms with Crippen molar-refractivity contribution in [1.82, 2.24) is 14.8 Å². The van der Waals surface area contributed by atoms with E-state index < -0.39 is 5.82 Å². The first-order valence-electron chi connectivity index (χ1n) is 4.46. The monoisotopic (exact) mass is 283 g/mol. The van der Waals surface area contributed by atoms with Gasteiger partial charge in [-0.3, -0.25) is 9.48 Å². The Bertz CT molecular complexity index is 527. The maximum Gasteiger partial charge on any atom is 0.153 e. The van der Waals surface area contributed by atoms with E-state index in [9.17, 15) is 9.18 Å². The molecule has 0 atom stereocenters. The minimum Gasteiger partial charge on any atom is -0.298 e. The maximum absolute atomic E-state index is 13.0. The normalized spacial score (nSPS) is 10.4. The van der Waals surface area contributed by atoms with Crippen LogP contribution in [0.4, 0.5) is 4.39 Å². The van der Waals surface area contributed by atoms with E-state index in [1.54, 1.807) is 10.9 Å². The van der Waals surface area contributed by atoms with E-state index in [0.717, 1.165) is 6.20 Å². The highest BCUT2D eigenvalue weighted by atomic mass is 79.9. The Hall–Kier alpha value is -1.56. The largest absolute Gasteiger partial charge is 0.298 e. The topological polar surface area (TPSA) is 47.8 Å². The maximum atomic E-state index is 13.0. The average molecular weight is 284 g/mol. The van der Waals surface area contributed by atoms with E-state index in [2.05, 4.69) is 26.0 Å². The number of carbonyl (C=O) groups excluding carboxylic acids is 1. The first-order chi connectivity index (χ1) is 7.69. The number of nitrogens with zero attached hydrogens (tertiary/aromatic N) is 3. The van der Waals surface area contributed by atoms with Crippen molar-refractivity contribution in [3.63, 3.8) is 0 Å². The van der Waals surface area contributed by atoms with Crippen molar-refractivity contribution in [3.8, 4) is 0 Å². The Morgan fingerprint density at radius 2 is 2.31 bits per heavy atom. The molecule has 0 spiro atoms. The van der Waals surface area contributed by atoms with Crippen molar-refractivity contribution in [1.29, 1.82) is 0 Å². The number of aldehydes is 1. The highest BCUT2D eigenvalue weighted by molar-refractivity contribution is 9.10. The molecule has 0 aromatic carbocycles. The van der Waals surface area contributed by atoms with E-state index in [0.29, 0.717) is 28.6 Å². The van der Waals surface area contributed by atoms with Gasteiger partial charge in [-0.05, 0) is 22.0 Å². The van der Waals surface area contributed by atoms with Crippen LogP contribution in [0, 0.1) is 5.82 Å². The van der Waals surface area contributed by atoms with Crippen molar-refractivity contribution in [2.45, 2.75) is 6.54 Å². The molecule has 0 amide bonds. The van der Waals surface area contributed by atoms with Crippen LogP contribution in [-0.2, 0) is 6.54 Å². The molecule has 0 unspecified atom stereocenters. The molecule has 82 valence electrons. The van der Waals surface area contributed by atoms with Crippen molar-refractivity contribution in [2.75, 3.05) is 0 Å². The smallest absolute Gasteiger partial charge is 0.153 e. The van der Waals surface area contributed by atoms with Gasteiger partial charge in [-0.15, -0.1) is 0 Å². The van der Waals surface area contributed by atoms with E-state index in [-0.39, 0.29) is 0 Å². The van der Waals surface area contributed by atoms with Crippen molar-refractivity contribution in [3.05, 3.63) is 46.2 Å². The molecule has 2 aromatic rings. The van der Waals surface area contributed by atoms with E-state index in [4.69, 9.17) is 0 Å². The van der Waals surface area contributed by atoms with Crippen LogP contribution in [0.2, 0.25) is 0 Å². The highest BCUT2D eigenvalue weighted by Crippen LogP contribution is 2.15. The highest BCUT2D eigenvalue weighted by Gasteiger charge is 2.05. The molecule has 0 aliphatic rings. The molecular formula is C10H7BrFN3O. The van der Waals surface area contributed by atoms with Crippen LogP contribution in [0.5, 0.6) is 0 Å². The lowest BCUT2D eigenvalue weighted by atomic mass is 10.3. The van der Waals surface area contributed by atoms with Crippen molar-refractivity contribution >= 4 is 22.2 Å². The standard InChI is InChI=1S/C10H7BrFN3O/c11-10-8(1-9(12)3-13-10)5-15-4-7(6-16)2-14-15/h1-4,6H,5H2. The predicted octanol–water partition coefficient (Wildman–Crippen LogP) is 2.04. The van der Waals surface area contributed by atoms with Crippen LogP contribution in [0.3, 0.4) is 0 Å². The van der Waals surface area contributed by atoms with Gasteiger partial charge in [0.25, 0.3) is 0 Å². The zero-order valence-electron chi connectivity index (χ0n) is 8.10. The Morgan fingerprint density at radius 3 is 3.00 bits per heavy atom. The van der Waals surface area contributed by atoms with Gasteiger partial charge in [0.05, 0.1) is 24.5 Å². The molecule has 0 saturated heterocycles. The van der Waals surface area contributed by atoms with Crippen molar-refractivity contribution < 1.29 is 9.18 Å². The molecule has 0 fully saturated rings. The average Bonchev–Trinajstić information content (AvgIpc) is 2.71. The molecule has 0 aliphatic carbocycles. The molecule has 0 radical (unpaired) electrons. The lowest BCUT2D eigenvalue weighted by molar-refractivity contribution is 0.112. The molecule has 4 nitrogen and oxygen atoms in total. The molecule has 0 N–H and O–H groups in total. The molecule has 2 heterocycles. The Kier molecular flexibility index (Phi) is 3.09. The van der Waals surface area contributed by atoms with Gasteiger partial charge in [0.15, 0.2) is 6.29 Å². The molecule has 0 saturated carbocycles. The third-order valence-corrected chi connectivity index (χ3v) is 2.71. The lowest BCUT2D eigenvalue weighted by Gasteiger charge is -2.03. The zero-order chi connectivity index (χ0) is 11.5. The second-order valence-corrected chi connectivity index (χ2v) is 3.94. The van der Waals surface area contributed by atoms with Gasteiger partial charge in [-0.25, -0.2) is 9.37 Å². The predicted molar refractivity (Wildman–Crippen MR) is 58.6 cm³/mol. The molecule has 2 aromatic heterocycles. The van der Waals surface area contributed by atoms with Gasteiger partial charge < -0.3 is 0 Å². The number of pyridine rings is 1. The van der Waals surface area contributed by atoms with Gasteiger partial charge in [0, 0.05) is 11.8 Å². The van der Waals surface area contributed by atoms with Gasteiger partial charge >= 0.3 is 0 Å². The molecule has 0 bridgehead atoms. The van der Waals surface area contributed by atoms with Crippen LogP contribution in [-0.4, -0.2) is 21.1 Å². The van der Waals surface area contributed by atoms with Crippen LogP contribution < -0.4 is 0 Å². The summed E-state index contributed by atoms with van der Waals surface area (Å²) in [5.41, 5.74) is 1.15. The summed E-state index contributed by atoms with van der Waals surface area (Å²) in [5, 5.41) is 3.97. The molecule has 0 aliphatic heterocycles. The summed E-state index contributed by atoms with van der Waals surface area (Å²) in [7, 11) is 0. The van der Waals surface area contributed by atoms with E-state index >= 15 is 0 Å². The third kappa shape index (κ3) is 2.33. The summed E-state index contributed by atoms with van der Waals surface area (Å²) in [6.45, 7) is 0.360. The van der Waals surface area contributed by atoms with E-state index in [1.807, 2.05) is 0 Å². The fourth-order valence-corrected chi connectivity index (χ4v) is 1.62. The van der Waals surface area contributed by atoms with Crippen molar-refractivity contribution in [2.24, 2.45) is 0 Å². The van der Waals surface area contributed by atoms with E-state index in [1.165, 1.54) is 12.3 Å². The third-order valence-electron chi connectivity index (χ3n) is 2.00. The van der Waals surface area contributed by atoms with Crippen LogP contribution in [0.25, 0.3) is 0 Å². The van der Waals surface area contributed by atoms with Gasteiger partial charge in [0.1, 0.15) is 10.4 Å². The SMILES string of the molecule is O=Cc1cnn(Cc2cc(F)cnc2Br)c1. The summed E-state index contributed by atoms with van der Waals surface area (Å²) in [5.74, 6) is -0.402. The number of rotatable bonds is 3. The zero-order valence-corrected chi connectivity index (χ0v) is 9.69. The summed E-state index contributed by atoms with van der Waals surface area (Å²) < 4.78 is 15.1. The minimum absolute atomic E-state index is 0.360.